The minimum Gasteiger partial charge on any atom is -0.486 e. The number of nitrogens with one attached hydrogen (secondary N) is 1. The van der Waals surface area contributed by atoms with Crippen LogP contribution in [0.25, 0.3) is 22.0 Å². The maximum absolute atomic E-state index is 12.0. The molecule has 3 aromatic carbocycles. The molecule has 0 saturated heterocycles. The summed E-state index contributed by atoms with van der Waals surface area (Å²) >= 11 is 0. The zero-order chi connectivity index (χ0) is 21.1. The number of ether oxygens (including phenoxy) is 1. The summed E-state index contributed by atoms with van der Waals surface area (Å²) in [6.07, 6.45) is 0. The van der Waals surface area contributed by atoms with Crippen molar-refractivity contribution in [2.24, 2.45) is 0 Å². The molecule has 0 aliphatic rings. The number of hydrogen-bond donors (Lipinski definition) is 2. The van der Waals surface area contributed by atoms with Gasteiger partial charge in [-0.15, -0.1) is 0 Å². The van der Waals surface area contributed by atoms with E-state index < -0.39 is 5.97 Å². The van der Waals surface area contributed by atoms with Gasteiger partial charge in [-0.25, -0.2) is 9.78 Å². The fraction of sp³-hybridized carbons (Fsp3) is 0.120. The van der Waals surface area contributed by atoms with Crippen molar-refractivity contribution in [3.63, 3.8) is 0 Å². The van der Waals surface area contributed by atoms with Crippen LogP contribution in [0.2, 0.25) is 0 Å². The molecule has 1 aromatic heterocycles. The highest BCUT2D eigenvalue weighted by Gasteiger charge is 2.23. The highest BCUT2D eigenvalue weighted by Crippen LogP contribution is 2.41. The number of aromatic nitrogens is 1. The van der Waals surface area contributed by atoms with Crippen LogP contribution in [-0.4, -0.2) is 23.1 Å². The summed E-state index contributed by atoms with van der Waals surface area (Å²) in [5.74, 6) is -0.606. The second-order valence-electron chi connectivity index (χ2n) is 7.01. The molecule has 0 unspecified atom stereocenters. The van der Waals surface area contributed by atoms with Crippen LogP contribution in [-0.2, 0) is 6.61 Å². The SMILES string of the molecule is CNc1c(C(=O)O)nc2c(-c3ccccc3)ccc(C)c2c1OCc1ccccc1. The number of hydrogen-bond acceptors (Lipinski definition) is 4. The van der Waals surface area contributed by atoms with Gasteiger partial charge in [-0.3, -0.25) is 0 Å². The lowest BCUT2D eigenvalue weighted by molar-refractivity contribution is 0.0691. The highest BCUT2D eigenvalue weighted by atomic mass is 16.5. The molecule has 0 saturated carbocycles. The lowest BCUT2D eigenvalue weighted by Crippen LogP contribution is -2.10. The summed E-state index contributed by atoms with van der Waals surface area (Å²) in [5.41, 5.74) is 4.73. The summed E-state index contributed by atoms with van der Waals surface area (Å²) in [5, 5.41) is 13.6. The Balaban J connectivity index is 1.98. The van der Waals surface area contributed by atoms with Gasteiger partial charge >= 0.3 is 5.97 Å². The molecule has 4 aromatic rings. The van der Waals surface area contributed by atoms with Crippen LogP contribution in [0.1, 0.15) is 21.6 Å². The molecular formula is C25H22N2O3. The molecule has 5 heteroatoms. The average molecular weight is 398 g/mol. The summed E-state index contributed by atoms with van der Waals surface area (Å²) in [4.78, 5) is 16.6. The summed E-state index contributed by atoms with van der Waals surface area (Å²) in [7, 11) is 1.68. The first-order valence-corrected chi connectivity index (χ1v) is 9.70. The van der Waals surface area contributed by atoms with Gasteiger partial charge in [-0.05, 0) is 23.6 Å². The second kappa shape index (κ2) is 8.25. The first-order valence-electron chi connectivity index (χ1n) is 9.70. The number of rotatable bonds is 6. The van der Waals surface area contributed by atoms with E-state index in [1.165, 1.54) is 0 Å². The molecular weight excluding hydrogens is 376 g/mol. The molecule has 5 nitrogen and oxygen atoms in total. The van der Waals surface area contributed by atoms with Gasteiger partial charge < -0.3 is 15.2 Å². The highest BCUT2D eigenvalue weighted by molar-refractivity contribution is 6.06. The average Bonchev–Trinajstić information content (AvgIpc) is 2.78. The van der Waals surface area contributed by atoms with Gasteiger partial charge in [-0.2, -0.15) is 0 Å². The van der Waals surface area contributed by atoms with Gasteiger partial charge in [0.1, 0.15) is 12.3 Å². The molecule has 0 fully saturated rings. The number of carbonyl (C=O) groups is 1. The topological polar surface area (TPSA) is 71.5 Å². The van der Waals surface area contributed by atoms with Crippen molar-refractivity contribution in [2.75, 3.05) is 12.4 Å². The van der Waals surface area contributed by atoms with Crippen molar-refractivity contribution in [3.8, 4) is 16.9 Å². The molecule has 30 heavy (non-hydrogen) atoms. The standard InChI is InChI=1S/C25H22N2O3/c1-16-13-14-19(18-11-7-4-8-12-18)21-20(16)24(22(26-2)23(27-21)25(28)29)30-15-17-9-5-3-6-10-17/h3-14,26H,15H2,1-2H3,(H,28,29). The normalized spacial score (nSPS) is 10.7. The minimum absolute atomic E-state index is 0.0594. The quantitative estimate of drug-likeness (QED) is 0.447. The van der Waals surface area contributed by atoms with Crippen LogP contribution in [0, 0.1) is 6.92 Å². The van der Waals surface area contributed by atoms with Crippen molar-refractivity contribution in [2.45, 2.75) is 13.5 Å². The smallest absolute Gasteiger partial charge is 0.356 e. The molecule has 4 rings (SSSR count). The van der Waals surface area contributed by atoms with Gasteiger partial charge in [-0.1, -0.05) is 72.8 Å². The molecule has 2 N–H and O–H groups in total. The monoisotopic (exact) mass is 398 g/mol. The van der Waals surface area contributed by atoms with E-state index in [2.05, 4.69) is 10.3 Å². The number of aryl methyl sites for hydroxylation is 1. The zero-order valence-corrected chi connectivity index (χ0v) is 16.8. The first-order chi connectivity index (χ1) is 14.6. The molecule has 0 aliphatic heterocycles. The van der Waals surface area contributed by atoms with Crippen LogP contribution in [0.3, 0.4) is 0 Å². The Hall–Kier alpha value is -3.86. The third-order valence-corrected chi connectivity index (χ3v) is 5.06. The predicted octanol–water partition coefficient (Wildman–Crippen LogP) is 5.53. The summed E-state index contributed by atoms with van der Waals surface area (Å²) in [6.45, 7) is 2.30. The number of carboxylic acids is 1. The fourth-order valence-electron chi connectivity index (χ4n) is 3.61. The number of aromatic carboxylic acids is 1. The largest absolute Gasteiger partial charge is 0.486 e. The van der Waals surface area contributed by atoms with Crippen molar-refractivity contribution < 1.29 is 14.6 Å². The zero-order valence-electron chi connectivity index (χ0n) is 16.8. The maximum Gasteiger partial charge on any atom is 0.356 e. The van der Waals surface area contributed by atoms with Gasteiger partial charge in [0, 0.05) is 18.0 Å². The third kappa shape index (κ3) is 3.57. The molecule has 0 atom stereocenters. The van der Waals surface area contributed by atoms with E-state index in [1.54, 1.807) is 7.05 Å². The number of pyridine rings is 1. The van der Waals surface area contributed by atoms with E-state index in [-0.39, 0.29) is 5.69 Å². The number of anilines is 1. The Bertz CT molecular complexity index is 1210. The number of benzene rings is 3. The van der Waals surface area contributed by atoms with E-state index in [0.29, 0.717) is 23.6 Å². The van der Waals surface area contributed by atoms with Gasteiger partial charge in [0.2, 0.25) is 0 Å². The third-order valence-electron chi connectivity index (χ3n) is 5.06. The molecule has 150 valence electrons. The Kier molecular flexibility index (Phi) is 5.35. The second-order valence-corrected chi connectivity index (χ2v) is 7.01. The Labute approximate surface area is 175 Å². The molecule has 0 aliphatic carbocycles. The molecule has 0 spiro atoms. The Morgan fingerprint density at radius 3 is 2.30 bits per heavy atom. The summed E-state index contributed by atoms with van der Waals surface area (Å²) < 4.78 is 6.22. The lowest BCUT2D eigenvalue weighted by atomic mass is 9.97. The van der Waals surface area contributed by atoms with Crippen molar-refractivity contribution >= 4 is 22.6 Å². The van der Waals surface area contributed by atoms with E-state index in [1.807, 2.05) is 79.7 Å². The van der Waals surface area contributed by atoms with Gasteiger partial charge in [0.05, 0.1) is 5.52 Å². The molecule has 0 amide bonds. The van der Waals surface area contributed by atoms with Crippen molar-refractivity contribution in [1.29, 1.82) is 0 Å². The van der Waals surface area contributed by atoms with Gasteiger partial charge in [0.25, 0.3) is 0 Å². The molecule has 0 bridgehead atoms. The predicted molar refractivity (Wildman–Crippen MR) is 119 cm³/mol. The Morgan fingerprint density at radius 2 is 1.67 bits per heavy atom. The van der Waals surface area contributed by atoms with Crippen LogP contribution < -0.4 is 10.1 Å². The van der Waals surface area contributed by atoms with E-state index >= 15 is 0 Å². The van der Waals surface area contributed by atoms with Crippen LogP contribution in [0.4, 0.5) is 5.69 Å². The summed E-state index contributed by atoms with van der Waals surface area (Å²) in [6, 6.07) is 23.6. The van der Waals surface area contributed by atoms with Crippen LogP contribution in [0.15, 0.2) is 72.8 Å². The number of carboxylic acid groups (broad SMARTS) is 1. The van der Waals surface area contributed by atoms with Crippen LogP contribution in [0.5, 0.6) is 5.75 Å². The lowest BCUT2D eigenvalue weighted by Gasteiger charge is -2.19. The van der Waals surface area contributed by atoms with Gasteiger partial charge in [0.15, 0.2) is 11.4 Å². The molecule has 1 heterocycles. The Morgan fingerprint density at radius 1 is 1.00 bits per heavy atom. The van der Waals surface area contributed by atoms with E-state index in [9.17, 15) is 9.90 Å². The van der Waals surface area contributed by atoms with Crippen molar-refractivity contribution in [3.05, 3.63) is 89.6 Å². The van der Waals surface area contributed by atoms with E-state index in [4.69, 9.17) is 4.74 Å². The minimum atomic E-state index is -1.11. The van der Waals surface area contributed by atoms with E-state index in [0.717, 1.165) is 27.6 Å². The van der Waals surface area contributed by atoms with Crippen LogP contribution >= 0.6 is 0 Å². The molecule has 0 radical (unpaired) electrons. The number of fused-ring (bicyclic) bond motifs is 1. The number of nitrogens with zero attached hydrogens (tertiary/aromatic N) is 1. The maximum atomic E-state index is 12.0. The first kappa shape index (κ1) is 19.5. The fourth-order valence-corrected chi connectivity index (χ4v) is 3.61. The van der Waals surface area contributed by atoms with Crippen molar-refractivity contribution in [1.82, 2.24) is 4.98 Å².